The lowest BCUT2D eigenvalue weighted by molar-refractivity contribution is -0.127. The summed E-state index contributed by atoms with van der Waals surface area (Å²) in [5.74, 6) is 1.31. The quantitative estimate of drug-likeness (QED) is 0.767. The molecular weight excluding hydrogens is 394 g/mol. The molecule has 1 saturated carbocycles. The molecule has 31 heavy (non-hydrogen) atoms. The number of amides is 2. The molecule has 0 atom stereocenters. The molecule has 0 spiro atoms. The van der Waals surface area contributed by atoms with Gasteiger partial charge in [0.05, 0.1) is 12.8 Å². The van der Waals surface area contributed by atoms with Crippen LogP contribution in [0.25, 0.3) is 11.3 Å². The smallest absolute Gasteiger partial charge is 0.274 e. The topological polar surface area (TPSA) is 100 Å². The number of nitrogens with zero attached hydrogens (tertiary/aromatic N) is 3. The minimum absolute atomic E-state index is 0.0116. The lowest BCUT2D eigenvalue weighted by atomic mass is 9.86. The average molecular weight is 426 g/mol. The number of carbonyl (C=O) groups is 2. The third kappa shape index (κ3) is 5.06. The molecule has 0 aromatic carbocycles. The number of aromatic nitrogens is 3. The molecule has 2 amide bonds. The van der Waals surface area contributed by atoms with Gasteiger partial charge in [0.25, 0.3) is 5.91 Å². The van der Waals surface area contributed by atoms with Crippen LogP contribution in [0.5, 0.6) is 5.88 Å². The Labute approximate surface area is 182 Å². The second kappa shape index (κ2) is 9.49. The van der Waals surface area contributed by atoms with Crippen LogP contribution in [0.1, 0.15) is 55.9 Å². The highest BCUT2D eigenvalue weighted by atomic mass is 16.5. The summed E-state index contributed by atoms with van der Waals surface area (Å²) in [7, 11) is 1.56. The Bertz CT molecular complexity index is 911. The van der Waals surface area contributed by atoms with Gasteiger partial charge in [0.2, 0.25) is 11.8 Å². The van der Waals surface area contributed by atoms with E-state index in [4.69, 9.17) is 4.74 Å². The van der Waals surface area contributed by atoms with E-state index in [-0.39, 0.29) is 17.7 Å². The number of pyridine rings is 1. The Hall–Kier alpha value is -2.90. The molecule has 2 N–H and O–H groups in total. The third-order valence-corrected chi connectivity index (χ3v) is 6.57. The second-order valence-corrected chi connectivity index (χ2v) is 8.79. The van der Waals surface area contributed by atoms with Gasteiger partial charge in [-0.3, -0.25) is 14.7 Å². The van der Waals surface area contributed by atoms with Crippen LogP contribution in [0.3, 0.4) is 0 Å². The fourth-order valence-electron chi connectivity index (χ4n) is 4.50. The summed E-state index contributed by atoms with van der Waals surface area (Å²) in [6.07, 6.45) is 7.58. The minimum Gasteiger partial charge on any atom is -0.481 e. The van der Waals surface area contributed by atoms with Crippen molar-refractivity contribution in [3.8, 4) is 17.1 Å². The van der Waals surface area contributed by atoms with Gasteiger partial charge in [-0.25, -0.2) is 4.98 Å². The van der Waals surface area contributed by atoms with Crippen molar-refractivity contribution in [3.63, 3.8) is 0 Å². The molecule has 8 nitrogen and oxygen atoms in total. The maximum atomic E-state index is 12.9. The fourth-order valence-corrected chi connectivity index (χ4v) is 4.50. The second-order valence-electron chi connectivity index (χ2n) is 8.79. The van der Waals surface area contributed by atoms with Crippen molar-refractivity contribution >= 4 is 11.8 Å². The normalized spacial score (nSPS) is 22.2. The number of hydrogen-bond donors (Lipinski definition) is 2. The predicted molar refractivity (Wildman–Crippen MR) is 117 cm³/mol. The molecule has 2 aliphatic rings. The minimum atomic E-state index is -0.108. The SMILES string of the molecule is COc1cc(-c2cc(C(=O)N3CCC(C(=O)N[C@H]4CC[C@@H](C)CC4)CC3)n[nH]2)ccn1. The lowest BCUT2D eigenvalue weighted by Gasteiger charge is -2.33. The molecule has 0 bridgehead atoms. The maximum absolute atomic E-state index is 12.9. The van der Waals surface area contributed by atoms with Crippen molar-refractivity contribution in [1.29, 1.82) is 0 Å². The first-order valence-electron chi connectivity index (χ1n) is 11.2. The molecule has 166 valence electrons. The van der Waals surface area contributed by atoms with Gasteiger partial charge in [0.1, 0.15) is 0 Å². The summed E-state index contributed by atoms with van der Waals surface area (Å²) in [4.78, 5) is 31.4. The van der Waals surface area contributed by atoms with Crippen molar-refractivity contribution < 1.29 is 14.3 Å². The van der Waals surface area contributed by atoms with Crippen molar-refractivity contribution in [2.45, 2.75) is 51.5 Å². The molecule has 2 aromatic heterocycles. The monoisotopic (exact) mass is 425 g/mol. The van der Waals surface area contributed by atoms with Crippen molar-refractivity contribution in [2.24, 2.45) is 11.8 Å². The van der Waals surface area contributed by atoms with E-state index in [0.29, 0.717) is 43.5 Å². The van der Waals surface area contributed by atoms with E-state index in [0.717, 1.165) is 30.0 Å². The average Bonchev–Trinajstić information content (AvgIpc) is 3.30. The Morgan fingerprint density at radius 3 is 2.58 bits per heavy atom. The van der Waals surface area contributed by atoms with E-state index in [1.165, 1.54) is 12.8 Å². The van der Waals surface area contributed by atoms with Crippen LogP contribution in [-0.2, 0) is 4.79 Å². The number of ether oxygens (including phenoxy) is 1. The van der Waals surface area contributed by atoms with Crippen LogP contribution >= 0.6 is 0 Å². The van der Waals surface area contributed by atoms with Gasteiger partial charge in [0, 0.05) is 42.9 Å². The number of hydrogen-bond acceptors (Lipinski definition) is 5. The van der Waals surface area contributed by atoms with E-state index in [2.05, 4.69) is 27.4 Å². The molecular formula is C23H31N5O3. The first kappa shape index (κ1) is 21.3. The number of likely N-dealkylation sites (tertiary alicyclic amines) is 1. The zero-order chi connectivity index (χ0) is 21.8. The summed E-state index contributed by atoms with van der Waals surface area (Å²) in [6, 6.07) is 5.69. The van der Waals surface area contributed by atoms with Crippen molar-refractivity contribution in [2.75, 3.05) is 20.2 Å². The van der Waals surface area contributed by atoms with Gasteiger partial charge < -0.3 is 15.0 Å². The number of nitrogens with one attached hydrogen (secondary N) is 2. The fraction of sp³-hybridized carbons (Fsp3) is 0.565. The lowest BCUT2D eigenvalue weighted by Crippen LogP contribution is -2.46. The summed E-state index contributed by atoms with van der Waals surface area (Å²) >= 11 is 0. The van der Waals surface area contributed by atoms with Crippen molar-refractivity contribution in [1.82, 2.24) is 25.4 Å². The van der Waals surface area contributed by atoms with Gasteiger partial charge in [-0.15, -0.1) is 0 Å². The van der Waals surface area contributed by atoms with E-state index in [1.807, 2.05) is 6.07 Å². The maximum Gasteiger partial charge on any atom is 0.274 e. The van der Waals surface area contributed by atoms with Crippen molar-refractivity contribution in [3.05, 3.63) is 30.1 Å². The predicted octanol–water partition coefficient (Wildman–Crippen LogP) is 3.03. The summed E-state index contributed by atoms with van der Waals surface area (Å²) in [5.41, 5.74) is 1.97. The van der Waals surface area contributed by atoms with Crippen LogP contribution < -0.4 is 10.1 Å². The summed E-state index contributed by atoms with van der Waals surface area (Å²) in [5, 5.41) is 10.4. The first-order valence-corrected chi connectivity index (χ1v) is 11.2. The van der Waals surface area contributed by atoms with Gasteiger partial charge in [-0.05, 0) is 56.6 Å². The third-order valence-electron chi connectivity index (χ3n) is 6.57. The van der Waals surface area contributed by atoms with Crippen LogP contribution in [0, 0.1) is 11.8 Å². The van der Waals surface area contributed by atoms with E-state index < -0.39 is 0 Å². The van der Waals surface area contributed by atoms with Gasteiger partial charge in [0.15, 0.2) is 5.69 Å². The summed E-state index contributed by atoms with van der Waals surface area (Å²) in [6.45, 7) is 3.43. The van der Waals surface area contributed by atoms with Gasteiger partial charge in [-0.1, -0.05) is 6.92 Å². The molecule has 3 heterocycles. The molecule has 2 fully saturated rings. The van der Waals surface area contributed by atoms with Crippen LogP contribution in [-0.4, -0.2) is 58.1 Å². The highest BCUT2D eigenvalue weighted by molar-refractivity contribution is 5.93. The zero-order valence-corrected chi connectivity index (χ0v) is 18.3. The molecule has 1 aliphatic heterocycles. The van der Waals surface area contributed by atoms with E-state index >= 15 is 0 Å². The number of piperidine rings is 1. The Morgan fingerprint density at radius 2 is 1.87 bits per heavy atom. The number of H-pyrrole nitrogens is 1. The number of rotatable bonds is 5. The molecule has 8 heteroatoms. The van der Waals surface area contributed by atoms with Crippen LogP contribution in [0.2, 0.25) is 0 Å². The Morgan fingerprint density at radius 1 is 1.13 bits per heavy atom. The largest absolute Gasteiger partial charge is 0.481 e. The number of aromatic amines is 1. The van der Waals surface area contributed by atoms with Gasteiger partial charge in [-0.2, -0.15) is 5.10 Å². The molecule has 0 unspecified atom stereocenters. The number of methoxy groups -OCH3 is 1. The highest BCUT2D eigenvalue weighted by Gasteiger charge is 2.30. The summed E-state index contributed by atoms with van der Waals surface area (Å²) < 4.78 is 5.15. The van der Waals surface area contributed by atoms with Crippen LogP contribution in [0.15, 0.2) is 24.4 Å². The van der Waals surface area contributed by atoms with E-state index in [9.17, 15) is 9.59 Å². The standard InChI is InChI=1S/C23H31N5O3/c1-15-3-5-18(6-4-15)25-22(29)16-8-11-28(12-9-16)23(30)20-14-19(26-27-20)17-7-10-24-21(13-17)31-2/h7,10,13-16,18H,3-6,8-9,11-12H2,1-2H3,(H,25,29)(H,26,27)/t15-,18+. The number of carbonyl (C=O) groups excluding carboxylic acids is 2. The zero-order valence-electron chi connectivity index (χ0n) is 18.3. The molecule has 0 radical (unpaired) electrons. The molecule has 4 rings (SSSR count). The van der Waals surface area contributed by atoms with Gasteiger partial charge >= 0.3 is 0 Å². The van der Waals surface area contributed by atoms with Crippen LogP contribution in [0.4, 0.5) is 0 Å². The first-order chi connectivity index (χ1) is 15.0. The Kier molecular flexibility index (Phi) is 6.53. The Balaban J connectivity index is 1.30. The molecule has 1 aliphatic carbocycles. The van der Waals surface area contributed by atoms with E-state index in [1.54, 1.807) is 30.3 Å². The molecule has 2 aromatic rings. The molecule has 1 saturated heterocycles. The highest BCUT2D eigenvalue weighted by Crippen LogP contribution is 2.26.